The van der Waals surface area contributed by atoms with Crippen LogP contribution in [0.2, 0.25) is 0 Å². The number of aromatic nitrogens is 1. The molecule has 0 aliphatic rings. The summed E-state index contributed by atoms with van der Waals surface area (Å²) in [6.45, 7) is 4.25. The Labute approximate surface area is 120 Å². The summed E-state index contributed by atoms with van der Waals surface area (Å²) in [5.74, 6) is 0. The van der Waals surface area contributed by atoms with Gasteiger partial charge >= 0.3 is 29.6 Å². The Morgan fingerprint density at radius 1 is 1.71 bits per heavy atom. The van der Waals surface area contributed by atoms with Crippen LogP contribution >= 0.6 is 35.9 Å². The van der Waals surface area contributed by atoms with Crippen LogP contribution in [-0.2, 0) is 0 Å². The Balaban J connectivity index is 0.00000169. The monoisotopic (exact) mass is 254 g/mol. The number of hydrogen-bond donors (Lipinski definition) is 1. The zero-order chi connectivity index (χ0) is 9.84. The number of rotatable bonds is 3. The third-order valence-electron chi connectivity index (χ3n) is 1.64. The first-order valence-corrected chi connectivity index (χ1v) is 6.04. The van der Waals surface area contributed by atoms with Crippen LogP contribution in [0, 0.1) is 11.3 Å². The zero-order valence-corrected chi connectivity index (χ0v) is 9.97. The van der Waals surface area contributed by atoms with Crippen molar-refractivity contribution in [3.8, 4) is 6.07 Å². The number of nitriles is 1. The third-order valence-corrected chi connectivity index (χ3v) is 4.13. The predicted octanol–water partition coefficient (Wildman–Crippen LogP) is 2.55. The maximum atomic E-state index is 8.83. The summed E-state index contributed by atoms with van der Waals surface area (Å²) in [5.41, 5.74) is 0.624. The van der Waals surface area contributed by atoms with Crippen LogP contribution < -0.4 is 0 Å². The first-order valence-electron chi connectivity index (χ1n) is 3.94. The number of hydrogen-bond acceptors (Lipinski definition) is 5. The quantitative estimate of drug-likeness (QED) is 0.511. The first-order chi connectivity index (χ1) is 6.19. The summed E-state index contributed by atoms with van der Waals surface area (Å²) in [4.78, 5) is 0. The summed E-state index contributed by atoms with van der Waals surface area (Å²) in [6, 6.07) is 2.12. The van der Waals surface area contributed by atoms with E-state index in [0.29, 0.717) is 15.0 Å². The van der Waals surface area contributed by atoms with Gasteiger partial charge in [-0.25, -0.2) is 0 Å². The molecule has 0 amide bonds. The molecule has 0 radical (unpaired) electrons. The van der Waals surface area contributed by atoms with Crippen molar-refractivity contribution in [1.29, 1.82) is 5.26 Å². The van der Waals surface area contributed by atoms with Crippen molar-refractivity contribution in [2.75, 3.05) is 0 Å². The minimum absolute atomic E-state index is 0. The molecule has 1 unspecified atom stereocenters. The Kier molecular flexibility index (Phi) is 7.57. The van der Waals surface area contributed by atoms with Crippen LogP contribution in [0.25, 0.3) is 0 Å². The maximum absolute atomic E-state index is 8.83. The van der Waals surface area contributed by atoms with Gasteiger partial charge in [0, 0.05) is 5.25 Å². The van der Waals surface area contributed by atoms with Crippen LogP contribution in [-0.4, -0.2) is 39.2 Å². The second-order valence-corrected chi connectivity index (χ2v) is 5.57. The molecule has 0 N–H and O–H groups in total. The fourth-order valence-corrected chi connectivity index (χ4v) is 2.73. The van der Waals surface area contributed by atoms with Gasteiger partial charge in [-0.15, -0.1) is 24.4 Å². The van der Waals surface area contributed by atoms with E-state index in [1.165, 1.54) is 11.5 Å². The van der Waals surface area contributed by atoms with E-state index < -0.39 is 0 Å². The van der Waals surface area contributed by atoms with Crippen LogP contribution in [0.4, 0.5) is 0 Å². The molecule has 6 heteroatoms. The van der Waals surface area contributed by atoms with Gasteiger partial charge in [0.2, 0.25) is 0 Å². The van der Waals surface area contributed by atoms with Gasteiger partial charge in [0.15, 0.2) is 0 Å². The molecule has 0 saturated heterocycles. The van der Waals surface area contributed by atoms with E-state index in [9.17, 15) is 0 Å². The predicted molar refractivity (Wildman–Crippen MR) is 66.8 cm³/mol. The molecule has 0 saturated carbocycles. The van der Waals surface area contributed by atoms with Crippen molar-refractivity contribution in [2.45, 2.75) is 34.8 Å². The molecule has 0 fully saturated rings. The van der Waals surface area contributed by atoms with E-state index in [4.69, 9.17) is 5.26 Å². The van der Waals surface area contributed by atoms with E-state index in [0.717, 1.165) is 11.4 Å². The van der Waals surface area contributed by atoms with Crippen LogP contribution in [0.3, 0.4) is 0 Å². The second-order valence-electron chi connectivity index (χ2n) is 2.62. The molecule has 0 spiro atoms. The zero-order valence-electron chi connectivity index (χ0n) is 7.44. The van der Waals surface area contributed by atoms with Crippen molar-refractivity contribution in [1.82, 2.24) is 4.37 Å². The summed E-state index contributed by atoms with van der Waals surface area (Å²) in [7, 11) is 0. The van der Waals surface area contributed by atoms with Crippen LogP contribution in [0.5, 0.6) is 0 Å². The average Bonchev–Trinajstić information content (AvgIpc) is 2.46. The summed E-state index contributed by atoms with van der Waals surface area (Å²) < 4.78 is 4.90. The molecule has 1 atom stereocenters. The Morgan fingerprint density at radius 2 is 2.36 bits per heavy atom. The molecule has 72 valence electrons. The van der Waals surface area contributed by atoms with Gasteiger partial charge in [0.25, 0.3) is 0 Å². The first kappa shape index (κ1) is 14.8. The van der Waals surface area contributed by atoms with Crippen molar-refractivity contribution >= 4 is 65.5 Å². The average molecular weight is 254 g/mol. The molecule has 14 heavy (non-hydrogen) atoms. The Hall–Kier alpha value is 0.820. The Morgan fingerprint density at radius 3 is 2.86 bits per heavy atom. The molecule has 2 nitrogen and oxygen atoms in total. The Bertz CT molecular complexity index is 332. The molecule has 1 heterocycles. The standard InChI is InChI=1S/C8H10N2S3.Na.H/c1-3-5(2)12-7-6(4-9)8(11)13-10-7;;/h5,11H,3H2,1-2H3;;. The molecule has 0 aliphatic carbocycles. The van der Waals surface area contributed by atoms with E-state index in [1.54, 1.807) is 11.8 Å². The van der Waals surface area contributed by atoms with E-state index in [1.807, 2.05) is 0 Å². The normalized spacial score (nSPS) is 11.6. The van der Waals surface area contributed by atoms with Gasteiger partial charge in [-0.1, -0.05) is 13.8 Å². The molecule has 0 aliphatic heterocycles. The summed E-state index contributed by atoms with van der Waals surface area (Å²) >= 11 is 7.09. The summed E-state index contributed by atoms with van der Waals surface area (Å²) in [5, 5.41) is 10.2. The SMILES string of the molecule is CCC(C)Sc1nsc(S)c1C#N.[NaH]. The minimum atomic E-state index is 0. The number of thiol groups is 1. The molecule has 1 rings (SSSR count). The third kappa shape index (κ3) is 3.76. The van der Waals surface area contributed by atoms with Gasteiger partial charge < -0.3 is 0 Å². The van der Waals surface area contributed by atoms with Gasteiger partial charge in [-0.2, -0.15) is 9.64 Å². The van der Waals surface area contributed by atoms with Crippen molar-refractivity contribution < 1.29 is 0 Å². The topological polar surface area (TPSA) is 36.7 Å². The molecule has 1 aromatic heterocycles. The molecular weight excluding hydrogens is 243 g/mol. The van der Waals surface area contributed by atoms with Crippen molar-refractivity contribution in [3.05, 3.63) is 5.56 Å². The fourth-order valence-electron chi connectivity index (χ4n) is 0.717. The van der Waals surface area contributed by atoms with E-state index in [-0.39, 0.29) is 29.6 Å². The second kappa shape index (κ2) is 7.15. The number of nitrogens with zero attached hydrogens (tertiary/aromatic N) is 2. The molecule has 1 aromatic rings. The van der Waals surface area contributed by atoms with Crippen LogP contribution in [0.15, 0.2) is 9.24 Å². The van der Waals surface area contributed by atoms with Gasteiger partial charge in [-0.05, 0) is 18.0 Å². The van der Waals surface area contributed by atoms with Gasteiger partial charge in [0.05, 0.1) is 4.21 Å². The molecule has 0 aromatic carbocycles. The van der Waals surface area contributed by atoms with Crippen LogP contribution in [0.1, 0.15) is 25.8 Å². The molecule has 0 bridgehead atoms. The van der Waals surface area contributed by atoms with Gasteiger partial charge in [-0.3, -0.25) is 0 Å². The summed E-state index contributed by atoms with van der Waals surface area (Å²) in [6.07, 6.45) is 1.08. The van der Waals surface area contributed by atoms with Gasteiger partial charge in [0.1, 0.15) is 16.7 Å². The fraction of sp³-hybridized carbons (Fsp3) is 0.500. The van der Waals surface area contributed by atoms with Crippen molar-refractivity contribution in [2.24, 2.45) is 0 Å². The van der Waals surface area contributed by atoms with E-state index >= 15 is 0 Å². The number of thioether (sulfide) groups is 1. The van der Waals surface area contributed by atoms with E-state index in [2.05, 4.69) is 36.9 Å². The van der Waals surface area contributed by atoms with Crippen molar-refractivity contribution in [3.63, 3.8) is 0 Å². The molecular formula is C8H11N2NaS3.